The molecule has 0 bridgehead atoms. The molecule has 4 rings (SSSR count). The Hall–Kier alpha value is -3.15. The molecule has 10 nitrogen and oxygen atoms in total. The highest BCUT2D eigenvalue weighted by molar-refractivity contribution is 5.88. The Morgan fingerprint density at radius 2 is 1.58 bits per heavy atom. The molecule has 1 aromatic heterocycles. The molecular weight excluding hydrogens is 412 g/mol. The average Bonchev–Trinajstić information content (AvgIpc) is 2.74. The van der Waals surface area contributed by atoms with E-state index in [1.165, 1.54) is 36.4 Å². The minimum absolute atomic E-state index is 0.0104. The van der Waals surface area contributed by atoms with Crippen LogP contribution in [-0.2, 0) is 4.74 Å². The molecule has 2 heterocycles. The molecule has 1 saturated heterocycles. The van der Waals surface area contributed by atoms with E-state index in [9.17, 15) is 35.7 Å². The Labute approximate surface area is 175 Å². The van der Waals surface area contributed by atoms with Crippen molar-refractivity contribution in [3.05, 3.63) is 42.5 Å². The lowest BCUT2D eigenvalue weighted by molar-refractivity contribution is -0.277. The number of aliphatic hydroxyl groups is 4. The molecular formula is C21H21O10+. The lowest BCUT2D eigenvalue weighted by Crippen LogP contribution is -2.60. The molecule has 0 aliphatic carbocycles. The minimum Gasteiger partial charge on any atom is -0.508 e. The summed E-state index contributed by atoms with van der Waals surface area (Å²) >= 11 is 0. The second kappa shape index (κ2) is 8.17. The van der Waals surface area contributed by atoms with E-state index in [2.05, 4.69) is 0 Å². The first-order valence-corrected chi connectivity index (χ1v) is 9.38. The van der Waals surface area contributed by atoms with Gasteiger partial charge in [-0.2, -0.15) is 0 Å². The maximum absolute atomic E-state index is 10.3. The quantitative estimate of drug-likeness (QED) is 0.290. The van der Waals surface area contributed by atoms with Crippen molar-refractivity contribution in [3.8, 4) is 34.3 Å². The monoisotopic (exact) mass is 433 g/mol. The van der Waals surface area contributed by atoms with Crippen LogP contribution >= 0.6 is 0 Å². The zero-order valence-corrected chi connectivity index (χ0v) is 16.0. The van der Waals surface area contributed by atoms with Crippen molar-refractivity contribution >= 4 is 11.0 Å². The number of ether oxygens (including phenoxy) is 2. The first kappa shape index (κ1) is 21.1. The number of aliphatic hydroxyl groups excluding tert-OH is 4. The Kier molecular flexibility index (Phi) is 5.56. The molecule has 1 fully saturated rings. The molecule has 1 aliphatic heterocycles. The third-order valence-electron chi connectivity index (χ3n) is 5.04. The van der Waals surface area contributed by atoms with Gasteiger partial charge in [0.25, 0.3) is 0 Å². The van der Waals surface area contributed by atoms with Gasteiger partial charge < -0.3 is 45.2 Å². The van der Waals surface area contributed by atoms with E-state index >= 15 is 0 Å². The number of phenols is 3. The number of hydrogen-bond donors (Lipinski definition) is 7. The number of phenolic OH excluding ortho intramolecular Hbond substituents is 3. The van der Waals surface area contributed by atoms with Crippen LogP contribution in [0.3, 0.4) is 0 Å². The van der Waals surface area contributed by atoms with Crippen LogP contribution in [-0.4, -0.2) is 73.1 Å². The van der Waals surface area contributed by atoms with Crippen molar-refractivity contribution in [2.75, 3.05) is 6.61 Å². The SMILES string of the molecule is OCC1O[C@H](Oc2cc3c(O)cc(O)cc3[o+]c2-c2ccc(O)cc2)C(O)C(O)[C@H]1O. The Morgan fingerprint density at radius 1 is 0.871 bits per heavy atom. The summed E-state index contributed by atoms with van der Waals surface area (Å²) < 4.78 is 17.0. The van der Waals surface area contributed by atoms with Crippen LogP contribution in [0.4, 0.5) is 0 Å². The predicted molar refractivity (Wildman–Crippen MR) is 105 cm³/mol. The third kappa shape index (κ3) is 3.94. The van der Waals surface area contributed by atoms with E-state index in [1.54, 1.807) is 0 Å². The van der Waals surface area contributed by atoms with Crippen LogP contribution < -0.4 is 4.74 Å². The van der Waals surface area contributed by atoms with Crippen molar-refractivity contribution in [1.82, 2.24) is 0 Å². The van der Waals surface area contributed by atoms with Crippen molar-refractivity contribution in [1.29, 1.82) is 0 Å². The number of benzene rings is 2. The lowest BCUT2D eigenvalue weighted by Gasteiger charge is -2.39. The van der Waals surface area contributed by atoms with Crippen LogP contribution in [0.5, 0.6) is 23.0 Å². The summed E-state index contributed by atoms with van der Waals surface area (Å²) in [5.41, 5.74) is 0.573. The molecule has 3 unspecified atom stereocenters. The molecule has 164 valence electrons. The molecule has 0 saturated carbocycles. The van der Waals surface area contributed by atoms with Gasteiger partial charge in [0.15, 0.2) is 0 Å². The van der Waals surface area contributed by atoms with Gasteiger partial charge in [0.1, 0.15) is 47.1 Å². The fraction of sp³-hybridized carbons (Fsp3) is 0.286. The normalized spacial score (nSPS) is 26.1. The van der Waals surface area contributed by atoms with Crippen LogP contribution in [0.2, 0.25) is 0 Å². The first-order chi connectivity index (χ1) is 14.8. The standard InChI is InChI=1S/C21H20O10/c22-8-16-17(26)18(27)19(28)21(31-16)30-15-7-12-13(25)5-11(24)6-14(12)29-20(15)9-1-3-10(23)4-2-9/h1-7,16-19,21-22,26-28H,8H2,(H2-,23,24,25)/p+1/t16?,17-,18?,19?,21-/m0/s1. The summed E-state index contributed by atoms with van der Waals surface area (Å²) in [6.07, 6.45) is -7.52. The van der Waals surface area contributed by atoms with Crippen molar-refractivity contribution in [3.63, 3.8) is 0 Å². The van der Waals surface area contributed by atoms with E-state index in [0.29, 0.717) is 5.56 Å². The van der Waals surface area contributed by atoms with Crippen LogP contribution in [0.25, 0.3) is 22.3 Å². The van der Waals surface area contributed by atoms with Crippen LogP contribution in [0, 0.1) is 0 Å². The smallest absolute Gasteiger partial charge is 0.402 e. The van der Waals surface area contributed by atoms with Crippen molar-refractivity contribution in [2.45, 2.75) is 30.7 Å². The molecule has 0 amide bonds. The van der Waals surface area contributed by atoms with Crippen molar-refractivity contribution < 1.29 is 49.6 Å². The van der Waals surface area contributed by atoms with Gasteiger partial charge in [-0.3, -0.25) is 0 Å². The zero-order valence-electron chi connectivity index (χ0n) is 16.0. The maximum atomic E-state index is 10.3. The van der Waals surface area contributed by atoms with Gasteiger partial charge in [-0.1, -0.05) is 0 Å². The topological polar surface area (TPSA) is 171 Å². The highest BCUT2D eigenvalue weighted by atomic mass is 16.7. The van der Waals surface area contributed by atoms with Gasteiger partial charge in [-0.25, -0.2) is 4.42 Å². The molecule has 0 radical (unpaired) electrons. The average molecular weight is 433 g/mol. The van der Waals surface area contributed by atoms with Gasteiger partial charge in [0.2, 0.25) is 12.0 Å². The molecule has 31 heavy (non-hydrogen) atoms. The second-order valence-electron chi connectivity index (χ2n) is 7.18. The second-order valence-corrected chi connectivity index (χ2v) is 7.18. The van der Waals surface area contributed by atoms with E-state index in [4.69, 9.17) is 13.9 Å². The summed E-state index contributed by atoms with van der Waals surface area (Å²) in [6.45, 7) is -0.627. The predicted octanol–water partition coefficient (Wildman–Crippen LogP) is 0.676. The van der Waals surface area contributed by atoms with Crippen molar-refractivity contribution in [2.24, 2.45) is 0 Å². The van der Waals surface area contributed by atoms with Crippen LogP contribution in [0.15, 0.2) is 46.9 Å². The Morgan fingerprint density at radius 3 is 2.26 bits per heavy atom. The highest BCUT2D eigenvalue weighted by Gasteiger charge is 2.45. The highest BCUT2D eigenvalue weighted by Crippen LogP contribution is 2.40. The van der Waals surface area contributed by atoms with E-state index in [0.717, 1.165) is 6.07 Å². The van der Waals surface area contributed by atoms with Gasteiger partial charge in [0, 0.05) is 12.1 Å². The largest absolute Gasteiger partial charge is 0.508 e. The molecule has 5 atom stereocenters. The summed E-state index contributed by atoms with van der Waals surface area (Å²) in [5, 5.41) is 69.4. The van der Waals surface area contributed by atoms with E-state index in [1.807, 2.05) is 0 Å². The minimum atomic E-state index is -1.66. The Bertz CT molecular complexity index is 1080. The van der Waals surface area contributed by atoms with Gasteiger partial charge in [-0.15, -0.1) is 0 Å². The van der Waals surface area contributed by atoms with E-state index in [-0.39, 0.29) is 39.7 Å². The van der Waals surface area contributed by atoms with E-state index < -0.39 is 37.3 Å². The molecule has 7 N–H and O–H groups in total. The maximum Gasteiger partial charge on any atom is 0.402 e. The Balaban J connectivity index is 1.81. The first-order valence-electron chi connectivity index (χ1n) is 9.38. The summed E-state index contributed by atoms with van der Waals surface area (Å²) in [7, 11) is 0. The molecule has 10 heteroatoms. The van der Waals surface area contributed by atoms with Gasteiger partial charge in [-0.05, 0) is 24.3 Å². The fourth-order valence-electron chi connectivity index (χ4n) is 3.38. The molecule has 3 aromatic rings. The summed E-state index contributed by atoms with van der Waals surface area (Å²) in [4.78, 5) is 0. The molecule has 2 aromatic carbocycles. The molecule has 1 aliphatic rings. The van der Waals surface area contributed by atoms with Gasteiger partial charge in [0.05, 0.1) is 18.2 Å². The number of rotatable bonds is 4. The van der Waals surface area contributed by atoms with Gasteiger partial charge >= 0.3 is 11.3 Å². The number of hydrogen-bond acceptors (Lipinski definition) is 9. The third-order valence-corrected chi connectivity index (χ3v) is 5.04. The zero-order chi connectivity index (χ0) is 22.3. The number of aromatic hydroxyl groups is 3. The van der Waals surface area contributed by atoms with Crippen LogP contribution in [0.1, 0.15) is 0 Å². The molecule has 0 spiro atoms. The summed E-state index contributed by atoms with van der Waals surface area (Å²) in [6, 6.07) is 9.66. The number of fused-ring (bicyclic) bond motifs is 1. The lowest BCUT2D eigenvalue weighted by atomic mass is 9.99. The summed E-state index contributed by atoms with van der Waals surface area (Å²) in [5.74, 6) is -0.420. The fourth-order valence-corrected chi connectivity index (χ4v) is 3.38.